The number of carbonyl (C=O) groups is 2. The number of aryl methyl sites for hydroxylation is 1. The number of nitrogens with zero attached hydrogens (tertiary/aromatic N) is 1. The first-order valence-corrected chi connectivity index (χ1v) is 6.74. The van der Waals surface area contributed by atoms with Crippen molar-refractivity contribution in [2.24, 2.45) is 0 Å². The third-order valence-corrected chi connectivity index (χ3v) is 4.29. The molecular formula is C12H16ClNO3S. The minimum Gasteiger partial charge on any atom is -0.480 e. The largest absolute Gasteiger partial charge is 0.480 e. The van der Waals surface area contributed by atoms with Gasteiger partial charge in [-0.1, -0.05) is 11.6 Å². The summed E-state index contributed by atoms with van der Waals surface area (Å²) >= 11 is 7.29. The van der Waals surface area contributed by atoms with Gasteiger partial charge in [0, 0.05) is 23.7 Å². The van der Waals surface area contributed by atoms with Crippen LogP contribution in [-0.2, 0) is 16.0 Å². The van der Waals surface area contributed by atoms with Gasteiger partial charge in [0.15, 0.2) is 0 Å². The topological polar surface area (TPSA) is 57.6 Å². The van der Waals surface area contributed by atoms with Gasteiger partial charge in [0.05, 0.1) is 5.02 Å². The number of carboxylic acids is 1. The minimum atomic E-state index is -1.19. The van der Waals surface area contributed by atoms with Crippen LogP contribution >= 0.6 is 22.9 Å². The van der Waals surface area contributed by atoms with Crippen molar-refractivity contribution in [1.82, 2.24) is 4.90 Å². The van der Waals surface area contributed by atoms with E-state index in [9.17, 15) is 9.59 Å². The van der Waals surface area contributed by atoms with Crippen molar-refractivity contribution in [3.63, 3.8) is 0 Å². The molecule has 18 heavy (non-hydrogen) atoms. The lowest BCUT2D eigenvalue weighted by molar-refractivity contribution is -0.155. The van der Waals surface area contributed by atoms with Gasteiger partial charge in [-0.3, -0.25) is 4.79 Å². The number of hydrogen-bond acceptors (Lipinski definition) is 3. The van der Waals surface area contributed by atoms with Crippen LogP contribution in [0.3, 0.4) is 0 Å². The predicted octanol–water partition coefficient (Wildman–Crippen LogP) is 2.66. The molecule has 0 saturated carbocycles. The van der Waals surface area contributed by atoms with E-state index in [0.29, 0.717) is 11.4 Å². The summed E-state index contributed by atoms with van der Waals surface area (Å²) in [7, 11) is 1.51. The normalized spacial score (nSPS) is 11.3. The molecule has 6 heteroatoms. The maximum atomic E-state index is 11.9. The molecule has 0 spiro atoms. The number of carboxylic acid groups (broad SMARTS) is 1. The summed E-state index contributed by atoms with van der Waals surface area (Å²) in [6.07, 6.45) is 0.861. The lowest BCUT2D eigenvalue weighted by Gasteiger charge is -2.31. The molecule has 0 saturated heterocycles. The number of hydrogen-bond donors (Lipinski definition) is 1. The highest BCUT2D eigenvalue weighted by Crippen LogP contribution is 2.21. The number of carbonyl (C=O) groups excluding carboxylic acids is 1. The second-order valence-corrected chi connectivity index (χ2v) is 5.98. The zero-order valence-corrected chi connectivity index (χ0v) is 12.1. The fourth-order valence-electron chi connectivity index (χ4n) is 1.34. The Bertz CT molecular complexity index is 456. The molecule has 0 atom stereocenters. The third-order valence-electron chi connectivity index (χ3n) is 2.94. The lowest BCUT2D eigenvalue weighted by Crippen LogP contribution is -2.50. The minimum absolute atomic E-state index is 0.188. The Hall–Kier alpha value is -1.07. The Labute approximate surface area is 115 Å². The van der Waals surface area contributed by atoms with E-state index in [1.165, 1.54) is 37.1 Å². The van der Waals surface area contributed by atoms with Gasteiger partial charge >= 0.3 is 5.97 Å². The standard InChI is InChI=1S/C12H16ClNO3S/c1-12(2,11(16)17)14(3)10(15)5-4-9-6-8(13)7-18-9/h6-7H,4-5H2,1-3H3,(H,16,17). The zero-order valence-electron chi connectivity index (χ0n) is 10.6. The monoisotopic (exact) mass is 289 g/mol. The van der Waals surface area contributed by atoms with Crippen LogP contribution in [0.25, 0.3) is 0 Å². The molecule has 100 valence electrons. The third kappa shape index (κ3) is 3.46. The van der Waals surface area contributed by atoms with Crippen molar-refractivity contribution in [2.45, 2.75) is 32.2 Å². The van der Waals surface area contributed by atoms with Crippen LogP contribution < -0.4 is 0 Å². The smallest absolute Gasteiger partial charge is 0.329 e. The molecule has 1 aromatic rings. The van der Waals surface area contributed by atoms with Crippen molar-refractivity contribution in [3.8, 4) is 0 Å². The summed E-state index contributed by atoms with van der Waals surface area (Å²) in [5.74, 6) is -1.20. The summed E-state index contributed by atoms with van der Waals surface area (Å²) < 4.78 is 0. The Morgan fingerprint density at radius 1 is 1.50 bits per heavy atom. The van der Waals surface area contributed by atoms with Crippen LogP contribution in [-0.4, -0.2) is 34.5 Å². The zero-order chi connectivity index (χ0) is 13.9. The highest BCUT2D eigenvalue weighted by Gasteiger charge is 2.34. The number of likely N-dealkylation sites (N-methyl/N-ethyl adjacent to an activating group) is 1. The van der Waals surface area contributed by atoms with Gasteiger partial charge in [-0.05, 0) is 26.3 Å². The highest BCUT2D eigenvalue weighted by molar-refractivity contribution is 7.10. The van der Waals surface area contributed by atoms with Gasteiger partial charge in [-0.25, -0.2) is 4.79 Å². The molecule has 0 bridgehead atoms. The first-order chi connectivity index (χ1) is 8.25. The molecule has 0 aliphatic rings. The second-order valence-electron chi connectivity index (χ2n) is 4.55. The van der Waals surface area contributed by atoms with Gasteiger partial charge in [-0.15, -0.1) is 11.3 Å². The average Bonchev–Trinajstić information content (AvgIpc) is 2.70. The maximum Gasteiger partial charge on any atom is 0.329 e. The fraction of sp³-hybridized carbons (Fsp3) is 0.500. The predicted molar refractivity (Wildman–Crippen MR) is 72.1 cm³/mol. The van der Waals surface area contributed by atoms with Gasteiger partial charge < -0.3 is 10.0 Å². The van der Waals surface area contributed by atoms with Gasteiger partial charge in [0.25, 0.3) is 0 Å². The summed E-state index contributed by atoms with van der Waals surface area (Å²) in [5, 5.41) is 11.5. The number of thiophene rings is 1. The van der Waals surface area contributed by atoms with Gasteiger partial charge in [0.1, 0.15) is 5.54 Å². The Kier molecular flexibility index (Phi) is 4.76. The van der Waals surface area contributed by atoms with Crippen molar-refractivity contribution >= 4 is 34.8 Å². The molecule has 1 aromatic heterocycles. The first-order valence-electron chi connectivity index (χ1n) is 5.48. The fourth-order valence-corrected chi connectivity index (χ4v) is 2.41. The van der Waals surface area contributed by atoms with Crippen LogP contribution in [0.4, 0.5) is 0 Å². The molecule has 1 heterocycles. The Morgan fingerprint density at radius 2 is 2.11 bits per heavy atom. The number of aliphatic carboxylic acids is 1. The van der Waals surface area contributed by atoms with E-state index in [4.69, 9.17) is 16.7 Å². The second kappa shape index (κ2) is 5.71. The van der Waals surface area contributed by atoms with Crippen LogP contribution in [0.5, 0.6) is 0 Å². The molecule has 0 fully saturated rings. The van der Waals surface area contributed by atoms with E-state index in [1.807, 2.05) is 11.4 Å². The van der Waals surface area contributed by atoms with E-state index in [2.05, 4.69) is 0 Å². The van der Waals surface area contributed by atoms with Crippen LogP contribution in [0.2, 0.25) is 5.02 Å². The Morgan fingerprint density at radius 3 is 2.56 bits per heavy atom. The van der Waals surface area contributed by atoms with Crippen LogP contribution in [0, 0.1) is 0 Å². The molecule has 0 aliphatic heterocycles. The SMILES string of the molecule is CN(C(=O)CCc1cc(Cl)cs1)C(C)(C)C(=O)O. The maximum absolute atomic E-state index is 11.9. The number of halogens is 1. The molecular weight excluding hydrogens is 274 g/mol. The molecule has 1 N–H and O–H groups in total. The summed E-state index contributed by atoms with van der Waals surface area (Å²) in [4.78, 5) is 25.2. The van der Waals surface area contributed by atoms with Crippen LogP contribution in [0.1, 0.15) is 25.1 Å². The van der Waals surface area contributed by atoms with E-state index >= 15 is 0 Å². The quantitative estimate of drug-likeness (QED) is 0.906. The molecule has 1 amide bonds. The van der Waals surface area contributed by atoms with Gasteiger partial charge in [0.2, 0.25) is 5.91 Å². The number of rotatable bonds is 5. The summed E-state index contributed by atoms with van der Waals surface area (Å²) in [6.45, 7) is 3.02. The van der Waals surface area contributed by atoms with E-state index < -0.39 is 11.5 Å². The van der Waals surface area contributed by atoms with Crippen molar-refractivity contribution in [3.05, 3.63) is 21.3 Å². The first kappa shape index (κ1) is 15.0. The van der Waals surface area contributed by atoms with Crippen molar-refractivity contribution in [2.75, 3.05) is 7.05 Å². The molecule has 0 unspecified atom stereocenters. The summed E-state index contributed by atoms with van der Waals surface area (Å²) in [5.41, 5.74) is -1.19. The number of amides is 1. The molecule has 0 radical (unpaired) electrons. The molecule has 0 aromatic carbocycles. The summed E-state index contributed by atoms with van der Waals surface area (Å²) in [6, 6.07) is 1.82. The highest BCUT2D eigenvalue weighted by atomic mass is 35.5. The van der Waals surface area contributed by atoms with E-state index in [1.54, 1.807) is 0 Å². The van der Waals surface area contributed by atoms with Crippen molar-refractivity contribution in [1.29, 1.82) is 0 Å². The lowest BCUT2D eigenvalue weighted by atomic mass is 10.0. The van der Waals surface area contributed by atoms with E-state index in [-0.39, 0.29) is 12.3 Å². The Balaban J connectivity index is 2.58. The molecule has 4 nitrogen and oxygen atoms in total. The van der Waals surface area contributed by atoms with E-state index in [0.717, 1.165) is 4.88 Å². The van der Waals surface area contributed by atoms with Gasteiger partial charge in [-0.2, -0.15) is 0 Å². The molecule has 0 aliphatic carbocycles. The molecule has 1 rings (SSSR count). The van der Waals surface area contributed by atoms with Crippen molar-refractivity contribution < 1.29 is 14.7 Å². The van der Waals surface area contributed by atoms with Crippen LogP contribution in [0.15, 0.2) is 11.4 Å². The average molecular weight is 290 g/mol.